The van der Waals surface area contributed by atoms with Gasteiger partial charge in [-0.1, -0.05) is 29.3 Å². The summed E-state index contributed by atoms with van der Waals surface area (Å²) >= 11 is 14.0. The quantitative estimate of drug-likeness (QED) is 0.837. The standard InChI is InChI=1S/C14H19Cl2NO2S/c15-12-2-1-3-13(16)14(12)19-9-11(18)8-17-10-4-6-20-7-5-10/h1-3,10-11,17-18H,4-9H2. The van der Waals surface area contributed by atoms with Crippen LogP contribution in [0.2, 0.25) is 10.0 Å². The van der Waals surface area contributed by atoms with E-state index >= 15 is 0 Å². The Bertz CT molecular complexity index is 407. The van der Waals surface area contributed by atoms with Crippen LogP contribution in [0.25, 0.3) is 0 Å². The van der Waals surface area contributed by atoms with Crippen molar-refractivity contribution < 1.29 is 9.84 Å². The van der Waals surface area contributed by atoms with E-state index < -0.39 is 6.10 Å². The Balaban J connectivity index is 1.73. The van der Waals surface area contributed by atoms with Gasteiger partial charge in [-0.2, -0.15) is 11.8 Å². The maximum absolute atomic E-state index is 9.94. The van der Waals surface area contributed by atoms with E-state index in [0.717, 1.165) is 12.8 Å². The second-order valence-electron chi connectivity index (χ2n) is 4.81. The zero-order chi connectivity index (χ0) is 14.4. The van der Waals surface area contributed by atoms with E-state index in [1.165, 1.54) is 11.5 Å². The van der Waals surface area contributed by atoms with Crippen LogP contribution in [0.4, 0.5) is 0 Å². The molecule has 6 heteroatoms. The van der Waals surface area contributed by atoms with Crippen molar-refractivity contribution in [1.29, 1.82) is 0 Å². The largest absolute Gasteiger partial charge is 0.488 e. The lowest BCUT2D eigenvalue weighted by molar-refractivity contribution is 0.103. The van der Waals surface area contributed by atoms with E-state index in [9.17, 15) is 5.11 Å². The molecule has 1 aromatic carbocycles. The minimum absolute atomic E-state index is 0.178. The zero-order valence-corrected chi connectivity index (χ0v) is 13.5. The van der Waals surface area contributed by atoms with Crippen LogP contribution in [0, 0.1) is 0 Å². The van der Waals surface area contributed by atoms with Crippen molar-refractivity contribution in [2.24, 2.45) is 0 Å². The van der Waals surface area contributed by atoms with Gasteiger partial charge in [0.05, 0.1) is 10.0 Å². The summed E-state index contributed by atoms with van der Waals surface area (Å²) in [6.07, 6.45) is 1.75. The Morgan fingerprint density at radius 2 is 1.95 bits per heavy atom. The van der Waals surface area contributed by atoms with Crippen LogP contribution in [0.15, 0.2) is 18.2 Å². The molecule has 1 aliphatic rings. The van der Waals surface area contributed by atoms with Gasteiger partial charge in [-0.15, -0.1) is 0 Å². The van der Waals surface area contributed by atoms with Crippen LogP contribution in [0.5, 0.6) is 5.75 Å². The SMILES string of the molecule is OC(CNC1CCSCC1)COc1c(Cl)cccc1Cl. The van der Waals surface area contributed by atoms with E-state index in [0.29, 0.717) is 28.4 Å². The Labute approximate surface area is 134 Å². The van der Waals surface area contributed by atoms with Crippen molar-refractivity contribution in [2.45, 2.75) is 25.0 Å². The highest BCUT2D eigenvalue weighted by Crippen LogP contribution is 2.32. The highest BCUT2D eigenvalue weighted by Gasteiger charge is 2.15. The Kier molecular flexibility index (Phi) is 6.78. The third kappa shape index (κ3) is 5.01. The van der Waals surface area contributed by atoms with Crippen molar-refractivity contribution >= 4 is 35.0 Å². The van der Waals surface area contributed by atoms with Crippen molar-refractivity contribution in [2.75, 3.05) is 24.7 Å². The average molecular weight is 336 g/mol. The fraction of sp³-hybridized carbons (Fsp3) is 0.571. The number of benzene rings is 1. The number of nitrogens with one attached hydrogen (secondary N) is 1. The average Bonchev–Trinajstić information content (AvgIpc) is 2.46. The minimum Gasteiger partial charge on any atom is -0.488 e. The van der Waals surface area contributed by atoms with E-state index in [2.05, 4.69) is 5.32 Å². The molecule has 2 rings (SSSR count). The number of hydrogen-bond acceptors (Lipinski definition) is 4. The highest BCUT2D eigenvalue weighted by atomic mass is 35.5. The third-order valence-corrected chi connectivity index (χ3v) is 4.85. The molecule has 20 heavy (non-hydrogen) atoms. The highest BCUT2D eigenvalue weighted by molar-refractivity contribution is 7.99. The summed E-state index contributed by atoms with van der Waals surface area (Å²) in [5.41, 5.74) is 0. The molecule has 1 saturated heterocycles. The van der Waals surface area contributed by atoms with Crippen molar-refractivity contribution in [3.63, 3.8) is 0 Å². The fourth-order valence-corrected chi connectivity index (χ4v) is 3.68. The van der Waals surface area contributed by atoms with Gasteiger partial charge in [-0.3, -0.25) is 0 Å². The topological polar surface area (TPSA) is 41.5 Å². The normalized spacial score (nSPS) is 17.9. The van der Waals surface area contributed by atoms with Gasteiger partial charge in [-0.05, 0) is 36.5 Å². The number of aliphatic hydroxyl groups excluding tert-OH is 1. The summed E-state index contributed by atoms with van der Waals surface area (Å²) in [4.78, 5) is 0. The van der Waals surface area contributed by atoms with Crippen molar-refractivity contribution in [1.82, 2.24) is 5.32 Å². The predicted molar refractivity (Wildman–Crippen MR) is 86.3 cm³/mol. The van der Waals surface area contributed by atoms with Crippen LogP contribution < -0.4 is 10.1 Å². The lowest BCUT2D eigenvalue weighted by Gasteiger charge is -2.24. The molecule has 1 aromatic rings. The van der Waals surface area contributed by atoms with Crippen LogP contribution in [0.3, 0.4) is 0 Å². The number of ether oxygens (including phenoxy) is 1. The van der Waals surface area contributed by atoms with E-state index in [1.54, 1.807) is 18.2 Å². The lowest BCUT2D eigenvalue weighted by Crippen LogP contribution is -2.39. The molecule has 1 atom stereocenters. The van der Waals surface area contributed by atoms with Gasteiger partial charge >= 0.3 is 0 Å². The molecule has 112 valence electrons. The second kappa shape index (κ2) is 8.35. The summed E-state index contributed by atoms with van der Waals surface area (Å²) in [5, 5.41) is 14.2. The molecule has 1 aliphatic heterocycles. The van der Waals surface area contributed by atoms with Crippen LogP contribution in [0.1, 0.15) is 12.8 Å². The number of aliphatic hydroxyl groups is 1. The third-order valence-electron chi connectivity index (χ3n) is 3.20. The first-order chi connectivity index (χ1) is 9.66. The molecule has 0 aliphatic carbocycles. The van der Waals surface area contributed by atoms with Crippen molar-refractivity contribution in [3.8, 4) is 5.75 Å². The van der Waals surface area contributed by atoms with Gasteiger partial charge in [0, 0.05) is 12.6 Å². The van der Waals surface area contributed by atoms with Gasteiger partial charge in [0.1, 0.15) is 12.7 Å². The number of rotatable bonds is 6. The second-order valence-corrected chi connectivity index (χ2v) is 6.85. The molecular weight excluding hydrogens is 317 g/mol. The molecule has 1 fully saturated rings. The molecule has 1 unspecified atom stereocenters. The monoisotopic (exact) mass is 335 g/mol. The number of thioether (sulfide) groups is 1. The van der Waals surface area contributed by atoms with Crippen LogP contribution in [-0.2, 0) is 0 Å². The van der Waals surface area contributed by atoms with Crippen LogP contribution >= 0.6 is 35.0 Å². The van der Waals surface area contributed by atoms with E-state index in [4.69, 9.17) is 27.9 Å². The first kappa shape index (κ1) is 16.2. The Hall–Kier alpha value is -0.130. The molecule has 3 nitrogen and oxygen atoms in total. The maximum atomic E-state index is 9.94. The molecular formula is C14H19Cl2NO2S. The summed E-state index contributed by atoms with van der Waals surface area (Å²) in [7, 11) is 0. The van der Waals surface area contributed by atoms with Crippen LogP contribution in [-0.4, -0.2) is 41.9 Å². The Morgan fingerprint density at radius 1 is 1.30 bits per heavy atom. The molecule has 1 heterocycles. The summed E-state index contributed by atoms with van der Waals surface area (Å²) < 4.78 is 5.51. The van der Waals surface area contributed by atoms with E-state index in [-0.39, 0.29) is 6.61 Å². The van der Waals surface area contributed by atoms with Gasteiger partial charge in [-0.25, -0.2) is 0 Å². The van der Waals surface area contributed by atoms with Crippen molar-refractivity contribution in [3.05, 3.63) is 28.2 Å². The molecule has 0 radical (unpaired) electrons. The Morgan fingerprint density at radius 3 is 2.60 bits per heavy atom. The van der Waals surface area contributed by atoms with Gasteiger partial charge in [0.25, 0.3) is 0 Å². The summed E-state index contributed by atoms with van der Waals surface area (Å²) in [6, 6.07) is 5.70. The van der Waals surface area contributed by atoms with Gasteiger partial charge in [0.15, 0.2) is 5.75 Å². The number of hydrogen-bond donors (Lipinski definition) is 2. The zero-order valence-electron chi connectivity index (χ0n) is 11.1. The fourth-order valence-electron chi connectivity index (χ4n) is 2.06. The first-order valence-corrected chi connectivity index (χ1v) is 8.64. The molecule has 0 bridgehead atoms. The summed E-state index contributed by atoms with van der Waals surface area (Å²) in [6.45, 7) is 0.704. The van der Waals surface area contributed by atoms with E-state index in [1.807, 2.05) is 11.8 Å². The number of halogens is 2. The smallest absolute Gasteiger partial charge is 0.156 e. The molecule has 2 N–H and O–H groups in total. The summed E-state index contributed by atoms with van der Waals surface area (Å²) in [5.74, 6) is 2.82. The van der Waals surface area contributed by atoms with Gasteiger partial charge in [0.2, 0.25) is 0 Å². The predicted octanol–water partition coefficient (Wildman–Crippen LogP) is 3.22. The van der Waals surface area contributed by atoms with Gasteiger partial charge < -0.3 is 15.2 Å². The lowest BCUT2D eigenvalue weighted by atomic mass is 10.1. The molecule has 0 saturated carbocycles. The molecule has 0 spiro atoms. The first-order valence-electron chi connectivity index (χ1n) is 6.73. The minimum atomic E-state index is -0.572. The maximum Gasteiger partial charge on any atom is 0.156 e. The molecule has 0 amide bonds. The molecule has 0 aromatic heterocycles. The number of para-hydroxylation sites is 1.